The number of alkyl halides is 3. The summed E-state index contributed by atoms with van der Waals surface area (Å²) in [4.78, 5) is 23.4. The van der Waals surface area contributed by atoms with Gasteiger partial charge in [0.05, 0.1) is 17.1 Å². The molecular weight excluding hydrogens is 634 g/mol. The number of thiocarbonyl (C=S) groups is 1. The van der Waals surface area contributed by atoms with Crippen LogP contribution in [0.4, 0.5) is 18.9 Å². The lowest BCUT2D eigenvalue weighted by molar-refractivity contribution is -0.274. The lowest BCUT2D eigenvalue weighted by Crippen LogP contribution is -2.32. The number of carbonyl (C=O) groups is 1. The van der Waals surface area contributed by atoms with Gasteiger partial charge in [-0.15, -0.1) is 18.3 Å². The summed E-state index contributed by atoms with van der Waals surface area (Å²) in [6.07, 6.45) is 1.43. The van der Waals surface area contributed by atoms with Crippen LogP contribution in [0.5, 0.6) is 5.75 Å². The molecular formula is C33H31F3N6O2S2. The zero-order chi connectivity index (χ0) is 32.8. The van der Waals surface area contributed by atoms with Crippen LogP contribution in [-0.4, -0.2) is 49.6 Å². The molecule has 0 bridgehead atoms. The number of aromatic nitrogens is 3. The number of anilines is 1. The van der Waals surface area contributed by atoms with E-state index in [2.05, 4.69) is 51.1 Å². The number of halogens is 3. The number of aryl methyl sites for hydroxylation is 1. The molecule has 5 rings (SSSR count). The van der Waals surface area contributed by atoms with Crippen molar-refractivity contribution in [2.45, 2.75) is 39.5 Å². The van der Waals surface area contributed by atoms with E-state index in [9.17, 15) is 18.0 Å². The highest BCUT2D eigenvalue weighted by Gasteiger charge is 2.32. The van der Waals surface area contributed by atoms with Gasteiger partial charge >= 0.3 is 6.36 Å². The third-order valence-corrected chi connectivity index (χ3v) is 8.04. The summed E-state index contributed by atoms with van der Waals surface area (Å²) in [7, 11) is 0. The van der Waals surface area contributed by atoms with Crippen molar-refractivity contribution in [3.63, 3.8) is 0 Å². The first-order valence-electron chi connectivity index (χ1n) is 14.4. The van der Waals surface area contributed by atoms with Crippen molar-refractivity contribution in [3.05, 3.63) is 95.8 Å². The molecule has 0 spiro atoms. The Morgan fingerprint density at radius 3 is 2.67 bits per heavy atom. The quantitative estimate of drug-likeness (QED) is 0.145. The number of hydrogen-bond acceptors (Lipinski definition) is 6. The van der Waals surface area contributed by atoms with E-state index < -0.39 is 6.36 Å². The van der Waals surface area contributed by atoms with Crippen molar-refractivity contribution >= 4 is 51.9 Å². The molecule has 1 fully saturated rings. The topological polar surface area (TPSA) is 84.6 Å². The van der Waals surface area contributed by atoms with Crippen molar-refractivity contribution in [2.24, 2.45) is 4.99 Å². The molecule has 46 heavy (non-hydrogen) atoms. The molecule has 1 aliphatic heterocycles. The summed E-state index contributed by atoms with van der Waals surface area (Å²) in [6.45, 7) is 6.77. The number of carbonyl (C=O) groups excluding carboxylic acids is 1. The fraction of sp³-hybridized carbons (Fsp3) is 0.242. The third kappa shape index (κ3) is 8.40. The van der Waals surface area contributed by atoms with Gasteiger partial charge in [0, 0.05) is 12.1 Å². The molecule has 13 heteroatoms. The summed E-state index contributed by atoms with van der Waals surface area (Å²) < 4.78 is 42.7. The summed E-state index contributed by atoms with van der Waals surface area (Å²) in [5, 5.41) is 8.52. The number of amidine groups is 1. The largest absolute Gasteiger partial charge is 0.573 e. The van der Waals surface area contributed by atoms with Crippen LogP contribution in [0.25, 0.3) is 23.2 Å². The molecule has 2 heterocycles. The number of amides is 1. The predicted octanol–water partition coefficient (Wildman–Crippen LogP) is 7.68. The maximum atomic E-state index is 12.8. The van der Waals surface area contributed by atoms with Crippen molar-refractivity contribution in [2.75, 3.05) is 17.2 Å². The number of ether oxygens (including phenoxy) is 1. The molecule has 1 saturated heterocycles. The molecule has 1 aromatic heterocycles. The van der Waals surface area contributed by atoms with E-state index in [4.69, 9.17) is 12.2 Å². The Labute approximate surface area is 274 Å². The van der Waals surface area contributed by atoms with Gasteiger partial charge in [0.2, 0.25) is 5.91 Å². The van der Waals surface area contributed by atoms with E-state index in [1.165, 1.54) is 47.0 Å². The van der Waals surface area contributed by atoms with Crippen LogP contribution in [0, 0.1) is 6.92 Å². The van der Waals surface area contributed by atoms with Crippen molar-refractivity contribution in [1.82, 2.24) is 20.1 Å². The number of rotatable bonds is 9. The molecule has 0 atom stereocenters. The molecule has 1 aliphatic rings. The first-order chi connectivity index (χ1) is 22.0. The molecule has 0 radical (unpaired) electrons. The van der Waals surface area contributed by atoms with Crippen LogP contribution in [0.1, 0.15) is 42.9 Å². The van der Waals surface area contributed by atoms with E-state index >= 15 is 0 Å². The molecule has 1 amide bonds. The Morgan fingerprint density at radius 2 is 1.93 bits per heavy atom. The SMILES string of the molecule is Cc1ccc(C(C)C)c(N2C(=O)CSC2=NC(=S)NCC/C=C\c2cccc(-c3ncn(-c4ccc(OC(F)(F)F)cc4)n3)c2)c1. The normalized spacial score (nSPS) is 14.5. The van der Waals surface area contributed by atoms with Gasteiger partial charge in [-0.2, -0.15) is 4.99 Å². The molecule has 3 aromatic carbocycles. The second kappa shape index (κ2) is 14.3. The highest BCUT2D eigenvalue weighted by Crippen LogP contribution is 2.34. The second-order valence-corrected chi connectivity index (χ2v) is 12.1. The fourth-order valence-electron chi connectivity index (χ4n) is 4.73. The summed E-state index contributed by atoms with van der Waals surface area (Å²) in [5.41, 5.74) is 5.28. The third-order valence-electron chi connectivity index (χ3n) is 6.88. The Morgan fingerprint density at radius 1 is 1.15 bits per heavy atom. The highest BCUT2D eigenvalue weighted by molar-refractivity contribution is 8.15. The van der Waals surface area contributed by atoms with Crippen LogP contribution in [-0.2, 0) is 4.79 Å². The summed E-state index contributed by atoms with van der Waals surface area (Å²) >= 11 is 6.86. The summed E-state index contributed by atoms with van der Waals surface area (Å²) in [5.74, 6) is 0.715. The molecule has 0 unspecified atom stereocenters. The maximum absolute atomic E-state index is 12.8. The van der Waals surface area contributed by atoms with Gasteiger partial charge in [-0.05, 0) is 84.6 Å². The monoisotopic (exact) mass is 664 g/mol. The maximum Gasteiger partial charge on any atom is 0.573 e. The Bertz CT molecular complexity index is 1780. The number of nitrogens with one attached hydrogen (secondary N) is 1. The van der Waals surface area contributed by atoms with Gasteiger partial charge < -0.3 is 10.1 Å². The van der Waals surface area contributed by atoms with Crippen LogP contribution < -0.4 is 15.0 Å². The molecule has 0 saturated carbocycles. The zero-order valence-corrected chi connectivity index (χ0v) is 26.9. The molecule has 4 aromatic rings. The average molecular weight is 665 g/mol. The van der Waals surface area contributed by atoms with E-state index in [1.807, 2.05) is 49.4 Å². The van der Waals surface area contributed by atoms with E-state index in [-0.39, 0.29) is 17.6 Å². The second-order valence-electron chi connectivity index (χ2n) is 10.7. The summed E-state index contributed by atoms with van der Waals surface area (Å²) in [6, 6.07) is 19.2. The highest BCUT2D eigenvalue weighted by atomic mass is 32.2. The van der Waals surface area contributed by atoms with E-state index in [0.717, 1.165) is 27.9 Å². The first kappa shape index (κ1) is 32.9. The zero-order valence-electron chi connectivity index (χ0n) is 25.3. The van der Waals surface area contributed by atoms with E-state index in [1.54, 1.807) is 4.90 Å². The van der Waals surface area contributed by atoms with E-state index in [0.29, 0.717) is 40.5 Å². The van der Waals surface area contributed by atoms with Crippen molar-refractivity contribution in [3.8, 4) is 22.8 Å². The molecule has 1 N–H and O–H groups in total. The Kier molecular flexibility index (Phi) is 10.2. The number of nitrogens with zero attached hydrogens (tertiary/aromatic N) is 5. The van der Waals surface area contributed by atoms with Crippen LogP contribution in [0.2, 0.25) is 0 Å². The predicted molar refractivity (Wildman–Crippen MR) is 180 cm³/mol. The van der Waals surface area contributed by atoms with Crippen molar-refractivity contribution < 1.29 is 22.7 Å². The Hall–Kier alpha value is -4.49. The van der Waals surface area contributed by atoms with Crippen LogP contribution in [0.3, 0.4) is 0 Å². The van der Waals surface area contributed by atoms with Crippen molar-refractivity contribution in [1.29, 1.82) is 0 Å². The molecule has 0 aliphatic carbocycles. The number of benzene rings is 3. The van der Waals surface area contributed by atoms with Gasteiger partial charge in [-0.3, -0.25) is 9.69 Å². The fourth-order valence-corrected chi connectivity index (χ4v) is 5.84. The Balaban J connectivity index is 1.16. The average Bonchev–Trinajstić information content (AvgIpc) is 3.63. The lowest BCUT2D eigenvalue weighted by Gasteiger charge is -2.22. The van der Waals surface area contributed by atoms with Gasteiger partial charge in [-0.1, -0.05) is 68.1 Å². The van der Waals surface area contributed by atoms with Gasteiger partial charge in [-0.25, -0.2) is 9.67 Å². The minimum atomic E-state index is -4.75. The van der Waals surface area contributed by atoms with Gasteiger partial charge in [0.15, 0.2) is 16.1 Å². The van der Waals surface area contributed by atoms with Gasteiger partial charge in [0.25, 0.3) is 0 Å². The molecule has 8 nitrogen and oxygen atoms in total. The van der Waals surface area contributed by atoms with Crippen LogP contribution in [0.15, 0.2) is 84.1 Å². The van der Waals surface area contributed by atoms with Crippen LogP contribution >= 0.6 is 24.0 Å². The first-order valence-corrected chi connectivity index (χ1v) is 15.8. The smallest absolute Gasteiger partial charge is 0.406 e. The number of thioether (sulfide) groups is 1. The minimum Gasteiger partial charge on any atom is -0.406 e. The number of aliphatic imine (C=N–C) groups is 1. The standard InChI is InChI=1S/C33H31F3N6O2S2/c1-21(2)27-15-10-22(3)17-28(27)42-29(43)19-46-32(42)39-31(45)37-16-5-4-7-23-8-6-9-24(18-23)30-38-20-41(40-30)25-11-13-26(14-12-25)44-33(34,35)36/h4,6-15,17-18,20-21H,5,16,19H2,1-3H3,(H,37,45)/b7-4-,39-32?. The lowest BCUT2D eigenvalue weighted by atomic mass is 9.99. The number of hydrogen-bond donors (Lipinski definition) is 1. The minimum absolute atomic E-state index is 0.0141. The molecule has 238 valence electrons. The van der Waals surface area contributed by atoms with Gasteiger partial charge in [0.1, 0.15) is 12.1 Å².